The summed E-state index contributed by atoms with van der Waals surface area (Å²) < 4.78 is 26.1. The highest BCUT2D eigenvalue weighted by Crippen LogP contribution is 2.21. The third kappa shape index (κ3) is 3.45. The molecule has 0 aliphatic carbocycles. The fourth-order valence-corrected chi connectivity index (χ4v) is 3.78. The minimum Gasteiger partial charge on any atom is -0.394 e. The summed E-state index contributed by atoms with van der Waals surface area (Å²) in [6.45, 7) is 2.75. The lowest BCUT2D eigenvalue weighted by atomic mass is 10.2. The average Bonchev–Trinajstić information content (AvgIpc) is 3.14. The topological polar surface area (TPSA) is 102 Å². The summed E-state index contributed by atoms with van der Waals surface area (Å²) in [5.41, 5.74) is 0.180. The summed E-state index contributed by atoms with van der Waals surface area (Å²) in [4.78, 5) is 14.8. The lowest BCUT2D eigenvalue weighted by Crippen LogP contribution is -2.37. The highest BCUT2D eigenvalue weighted by Gasteiger charge is 2.28. The summed E-state index contributed by atoms with van der Waals surface area (Å²) in [6.07, 6.45) is 3.67. The van der Waals surface area contributed by atoms with Gasteiger partial charge in [-0.15, -0.1) is 0 Å². The molecule has 1 amide bonds. The molecule has 0 bridgehead atoms. The van der Waals surface area contributed by atoms with Gasteiger partial charge in [0.2, 0.25) is 10.0 Å². The zero-order valence-corrected chi connectivity index (χ0v) is 12.8. The van der Waals surface area contributed by atoms with Crippen LogP contribution in [0, 0.1) is 0 Å². The molecule has 0 unspecified atom stereocenters. The van der Waals surface area contributed by atoms with Crippen LogP contribution >= 0.6 is 0 Å². The second-order valence-corrected chi connectivity index (χ2v) is 7.06. The Balaban J connectivity index is 2.12. The smallest absolute Gasteiger partial charge is 0.268 e. The standard InChI is InChI=1S/C13H21N3O4S/c1-2-10(9-17)15-13(18)12-7-11(8-14-12)21(19,20)16-5-3-4-6-16/h7-8,10,14,17H,2-6,9H2,1H3,(H,15,18)/t10-/m0/s1. The highest BCUT2D eigenvalue weighted by molar-refractivity contribution is 7.89. The fraction of sp³-hybridized carbons (Fsp3) is 0.615. The van der Waals surface area contributed by atoms with Crippen LogP contribution in [0.1, 0.15) is 36.7 Å². The minimum atomic E-state index is -3.52. The van der Waals surface area contributed by atoms with Gasteiger partial charge >= 0.3 is 0 Å². The number of aromatic nitrogens is 1. The van der Waals surface area contributed by atoms with Crippen LogP contribution in [0.2, 0.25) is 0 Å². The molecule has 1 saturated heterocycles. The van der Waals surface area contributed by atoms with Crippen molar-refractivity contribution in [2.45, 2.75) is 37.1 Å². The molecular weight excluding hydrogens is 294 g/mol. The Morgan fingerprint density at radius 3 is 2.71 bits per heavy atom. The quantitative estimate of drug-likeness (QED) is 0.702. The third-order valence-electron chi connectivity index (χ3n) is 3.65. The van der Waals surface area contributed by atoms with Gasteiger partial charge in [-0.25, -0.2) is 8.42 Å². The number of aliphatic hydroxyl groups excluding tert-OH is 1. The number of H-pyrrole nitrogens is 1. The number of sulfonamides is 1. The number of hydrogen-bond donors (Lipinski definition) is 3. The zero-order valence-electron chi connectivity index (χ0n) is 12.0. The van der Waals surface area contributed by atoms with E-state index in [1.165, 1.54) is 16.6 Å². The Bertz CT molecular complexity index is 586. The van der Waals surface area contributed by atoms with Gasteiger partial charge in [-0.05, 0) is 25.3 Å². The number of carbonyl (C=O) groups is 1. The van der Waals surface area contributed by atoms with E-state index in [0.29, 0.717) is 19.5 Å². The monoisotopic (exact) mass is 315 g/mol. The maximum absolute atomic E-state index is 12.3. The lowest BCUT2D eigenvalue weighted by Gasteiger charge is -2.14. The van der Waals surface area contributed by atoms with Gasteiger partial charge in [0, 0.05) is 19.3 Å². The Morgan fingerprint density at radius 2 is 2.14 bits per heavy atom. The first-order valence-corrected chi connectivity index (χ1v) is 8.53. The van der Waals surface area contributed by atoms with Crippen LogP contribution in [0.25, 0.3) is 0 Å². The van der Waals surface area contributed by atoms with Crippen LogP contribution in [0.4, 0.5) is 0 Å². The molecule has 1 aliphatic rings. The minimum absolute atomic E-state index is 0.103. The van der Waals surface area contributed by atoms with Crippen molar-refractivity contribution < 1.29 is 18.3 Å². The first-order valence-electron chi connectivity index (χ1n) is 7.09. The molecule has 1 aromatic heterocycles. The highest BCUT2D eigenvalue weighted by atomic mass is 32.2. The Hall–Kier alpha value is -1.38. The van der Waals surface area contributed by atoms with Crippen LogP contribution in [0.5, 0.6) is 0 Å². The number of amides is 1. The molecule has 21 heavy (non-hydrogen) atoms. The summed E-state index contributed by atoms with van der Waals surface area (Å²) in [6, 6.07) is 1.01. The summed E-state index contributed by atoms with van der Waals surface area (Å²) in [5.74, 6) is -0.418. The molecular formula is C13H21N3O4S. The van der Waals surface area contributed by atoms with E-state index in [-0.39, 0.29) is 23.2 Å². The van der Waals surface area contributed by atoms with Crippen molar-refractivity contribution in [3.63, 3.8) is 0 Å². The summed E-state index contributed by atoms with van der Waals surface area (Å²) in [7, 11) is -3.52. The third-order valence-corrected chi connectivity index (χ3v) is 5.53. The maximum atomic E-state index is 12.3. The number of hydrogen-bond acceptors (Lipinski definition) is 4. The number of aliphatic hydroxyl groups is 1. The van der Waals surface area contributed by atoms with Crippen molar-refractivity contribution in [3.8, 4) is 0 Å². The predicted octanol–water partition coefficient (Wildman–Crippen LogP) is 0.300. The first kappa shape index (κ1) is 16.0. The molecule has 0 aromatic carbocycles. The predicted molar refractivity (Wildman–Crippen MR) is 77.4 cm³/mol. The Labute approximate surface area is 124 Å². The van der Waals surface area contributed by atoms with Gasteiger partial charge in [0.05, 0.1) is 12.6 Å². The zero-order chi connectivity index (χ0) is 15.5. The second-order valence-electron chi connectivity index (χ2n) is 5.12. The molecule has 0 spiro atoms. The molecule has 118 valence electrons. The number of nitrogens with zero attached hydrogens (tertiary/aromatic N) is 1. The number of carbonyl (C=O) groups excluding carboxylic acids is 1. The van der Waals surface area contributed by atoms with Crippen LogP contribution < -0.4 is 5.32 Å². The van der Waals surface area contributed by atoms with E-state index in [1.807, 2.05) is 6.92 Å². The van der Waals surface area contributed by atoms with Gasteiger partial charge in [0.25, 0.3) is 5.91 Å². The maximum Gasteiger partial charge on any atom is 0.268 e. The van der Waals surface area contributed by atoms with Crippen molar-refractivity contribution in [1.82, 2.24) is 14.6 Å². The molecule has 1 aromatic rings. The van der Waals surface area contributed by atoms with E-state index < -0.39 is 15.9 Å². The number of nitrogens with one attached hydrogen (secondary N) is 2. The van der Waals surface area contributed by atoms with Crippen LogP contribution in [-0.4, -0.2) is 54.5 Å². The Kier molecular flexibility index (Phi) is 5.02. The van der Waals surface area contributed by atoms with Gasteiger partial charge in [0.1, 0.15) is 10.6 Å². The normalized spacial score (nSPS) is 17.8. The van der Waals surface area contributed by atoms with Crippen molar-refractivity contribution in [2.24, 2.45) is 0 Å². The van der Waals surface area contributed by atoms with Crippen LogP contribution in [0.3, 0.4) is 0 Å². The van der Waals surface area contributed by atoms with Gasteiger partial charge in [-0.3, -0.25) is 4.79 Å². The Morgan fingerprint density at radius 1 is 1.48 bits per heavy atom. The summed E-state index contributed by atoms with van der Waals surface area (Å²) >= 11 is 0. The van der Waals surface area contributed by atoms with Crippen molar-refractivity contribution >= 4 is 15.9 Å². The molecule has 7 nitrogen and oxygen atoms in total. The molecule has 2 rings (SSSR count). The van der Waals surface area contributed by atoms with E-state index >= 15 is 0 Å². The van der Waals surface area contributed by atoms with Crippen LogP contribution in [-0.2, 0) is 10.0 Å². The van der Waals surface area contributed by atoms with Gasteiger partial charge in [-0.2, -0.15) is 4.31 Å². The van der Waals surface area contributed by atoms with Gasteiger partial charge in [0.15, 0.2) is 0 Å². The molecule has 0 radical (unpaired) electrons. The van der Waals surface area contributed by atoms with Crippen molar-refractivity contribution in [2.75, 3.05) is 19.7 Å². The number of aromatic amines is 1. The number of rotatable bonds is 6. The van der Waals surface area contributed by atoms with E-state index in [4.69, 9.17) is 5.11 Å². The van der Waals surface area contributed by atoms with Crippen molar-refractivity contribution in [3.05, 3.63) is 18.0 Å². The molecule has 1 aliphatic heterocycles. The SMILES string of the molecule is CC[C@@H](CO)NC(=O)c1cc(S(=O)(=O)N2CCCC2)c[nH]1. The first-order chi connectivity index (χ1) is 9.98. The molecule has 3 N–H and O–H groups in total. The largest absolute Gasteiger partial charge is 0.394 e. The molecule has 0 saturated carbocycles. The lowest BCUT2D eigenvalue weighted by molar-refractivity contribution is 0.0910. The summed E-state index contributed by atoms with van der Waals surface area (Å²) in [5, 5.41) is 11.7. The van der Waals surface area contributed by atoms with E-state index in [1.54, 1.807) is 0 Å². The molecule has 1 atom stereocenters. The van der Waals surface area contributed by atoms with E-state index in [9.17, 15) is 13.2 Å². The molecule has 2 heterocycles. The van der Waals surface area contributed by atoms with Crippen LogP contribution in [0.15, 0.2) is 17.2 Å². The van der Waals surface area contributed by atoms with Gasteiger partial charge in [-0.1, -0.05) is 6.92 Å². The average molecular weight is 315 g/mol. The molecule has 8 heteroatoms. The fourth-order valence-electron chi connectivity index (χ4n) is 2.27. The van der Waals surface area contributed by atoms with E-state index in [0.717, 1.165) is 12.8 Å². The molecule has 1 fully saturated rings. The van der Waals surface area contributed by atoms with Crippen molar-refractivity contribution in [1.29, 1.82) is 0 Å². The second kappa shape index (κ2) is 6.59. The van der Waals surface area contributed by atoms with E-state index in [2.05, 4.69) is 10.3 Å². The van der Waals surface area contributed by atoms with Gasteiger partial charge < -0.3 is 15.4 Å².